The Kier molecular flexibility index (Phi) is 3.08. The molecule has 6 heteroatoms. The predicted molar refractivity (Wildman–Crippen MR) is 60.6 cm³/mol. The summed E-state index contributed by atoms with van der Waals surface area (Å²) in [6.45, 7) is 0.754. The van der Waals surface area contributed by atoms with Gasteiger partial charge >= 0.3 is 0 Å². The van der Waals surface area contributed by atoms with E-state index in [4.69, 9.17) is 0 Å². The number of sulfone groups is 1. The van der Waals surface area contributed by atoms with E-state index in [0.717, 1.165) is 29.3 Å². The van der Waals surface area contributed by atoms with Gasteiger partial charge in [-0.15, -0.1) is 11.3 Å². The summed E-state index contributed by atoms with van der Waals surface area (Å²) in [6, 6.07) is 0. The van der Waals surface area contributed by atoms with Crippen molar-refractivity contribution in [2.75, 3.05) is 12.8 Å². The summed E-state index contributed by atoms with van der Waals surface area (Å²) in [5.74, 6) is 0.318. The van der Waals surface area contributed by atoms with E-state index >= 15 is 0 Å². The van der Waals surface area contributed by atoms with Crippen molar-refractivity contribution in [3.63, 3.8) is 0 Å². The van der Waals surface area contributed by atoms with Gasteiger partial charge in [-0.3, -0.25) is 0 Å². The maximum Gasteiger partial charge on any atom is 0.159 e. The van der Waals surface area contributed by atoms with Gasteiger partial charge in [0.05, 0.1) is 5.75 Å². The largest absolute Gasteiger partial charge is 0.315 e. The molecule has 2 heterocycles. The van der Waals surface area contributed by atoms with Gasteiger partial charge in [0.1, 0.15) is 10.3 Å². The molecule has 1 unspecified atom stereocenters. The van der Waals surface area contributed by atoms with E-state index in [9.17, 15) is 8.42 Å². The second-order valence-electron chi connectivity index (χ2n) is 3.69. The Morgan fingerprint density at radius 1 is 1.67 bits per heavy atom. The van der Waals surface area contributed by atoms with E-state index in [1.54, 1.807) is 6.20 Å². The minimum Gasteiger partial charge on any atom is -0.315 e. The van der Waals surface area contributed by atoms with E-state index in [2.05, 4.69) is 10.3 Å². The van der Waals surface area contributed by atoms with Crippen LogP contribution in [0.5, 0.6) is 0 Å². The van der Waals surface area contributed by atoms with Crippen molar-refractivity contribution in [2.45, 2.75) is 24.6 Å². The number of hydrogen-bond donors (Lipinski definition) is 1. The normalized spacial score (nSPS) is 24.5. The molecule has 0 aromatic carbocycles. The lowest BCUT2D eigenvalue weighted by Crippen LogP contribution is -2.07. The van der Waals surface area contributed by atoms with Crippen LogP contribution in [0.25, 0.3) is 0 Å². The Morgan fingerprint density at radius 3 is 3.07 bits per heavy atom. The number of nitrogens with one attached hydrogen (secondary N) is 1. The third kappa shape index (κ3) is 2.21. The van der Waals surface area contributed by atoms with E-state index in [1.165, 1.54) is 11.3 Å². The zero-order chi connectivity index (χ0) is 10.9. The average molecular weight is 246 g/mol. The molecular weight excluding hydrogens is 232 g/mol. The van der Waals surface area contributed by atoms with Crippen LogP contribution in [0.3, 0.4) is 0 Å². The third-order valence-corrected chi connectivity index (χ3v) is 5.97. The fourth-order valence-corrected chi connectivity index (χ4v) is 5.07. The van der Waals surface area contributed by atoms with Gasteiger partial charge in [0.15, 0.2) is 9.84 Å². The molecule has 84 valence electrons. The molecular formula is C9H14N2O2S2. The Hall–Kier alpha value is -0.460. The van der Waals surface area contributed by atoms with Crippen LogP contribution in [-0.4, -0.2) is 26.2 Å². The van der Waals surface area contributed by atoms with Crippen LogP contribution in [0.2, 0.25) is 0 Å². The molecule has 4 nitrogen and oxygen atoms in total. The first-order chi connectivity index (χ1) is 7.13. The minimum absolute atomic E-state index is 0.318. The molecule has 1 saturated heterocycles. The topological polar surface area (TPSA) is 59.1 Å². The first-order valence-electron chi connectivity index (χ1n) is 4.94. The minimum atomic E-state index is -2.91. The summed E-state index contributed by atoms with van der Waals surface area (Å²) < 4.78 is 23.4. The van der Waals surface area contributed by atoms with Crippen molar-refractivity contribution in [3.05, 3.63) is 16.1 Å². The smallest absolute Gasteiger partial charge is 0.159 e. The Balaban J connectivity index is 2.22. The van der Waals surface area contributed by atoms with Gasteiger partial charge in [0.2, 0.25) is 0 Å². The maximum atomic E-state index is 11.7. The van der Waals surface area contributed by atoms with Crippen LogP contribution >= 0.6 is 11.3 Å². The van der Waals surface area contributed by atoms with Crippen LogP contribution in [0.15, 0.2) is 6.20 Å². The lowest BCUT2D eigenvalue weighted by Gasteiger charge is -2.03. The Morgan fingerprint density at radius 2 is 2.47 bits per heavy atom. The monoisotopic (exact) mass is 246 g/mol. The highest BCUT2D eigenvalue weighted by Gasteiger charge is 2.34. The summed E-state index contributed by atoms with van der Waals surface area (Å²) >= 11 is 1.50. The molecule has 1 N–H and O–H groups in total. The van der Waals surface area contributed by atoms with Gasteiger partial charge < -0.3 is 5.32 Å². The van der Waals surface area contributed by atoms with Gasteiger partial charge in [-0.1, -0.05) is 0 Å². The van der Waals surface area contributed by atoms with Crippen molar-refractivity contribution in [2.24, 2.45) is 0 Å². The summed E-state index contributed by atoms with van der Waals surface area (Å²) in [7, 11) is -1.05. The fraction of sp³-hybridized carbons (Fsp3) is 0.667. The molecule has 15 heavy (non-hydrogen) atoms. The number of rotatable bonds is 3. The Bertz CT molecular complexity index is 439. The molecule has 0 saturated carbocycles. The summed E-state index contributed by atoms with van der Waals surface area (Å²) in [5.41, 5.74) is 0. The lowest BCUT2D eigenvalue weighted by molar-refractivity contribution is 0.592. The third-order valence-electron chi connectivity index (χ3n) is 2.53. The standard InChI is InChI=1S/C9H14N2O2S2/c1-10-5-7-6-11-9(14-7)8-3-2-4-15(8,12)13/h6,8,10H,2-5H2,1H3. The predicted octanol–water partition coefficient (Wildman–Crippen LogP) is 1.11. The van der Waals surface area contributed by atoms with Crippen LogP contribution < -0.4 is 5.32 Å². The molecule has 0 spiro atoms. The molecule has 0 aliphatic carbocycles. The highest BCUT2D eigenvalue weighted by Crippen LogP contribution is 2.36. The molecule has 1 aromatic rings. The molecule has 1 fully saturated rings. The van der Waals surface area contributed by atoms with Crippen LogP contribution in [0.1, 0.15) is 28.0 Å². The van der Waals surface area contributed by atoms with Crippen molar-refractivity contribution >= 4 is 21.2 Å². The highest BCUT2D eigenvalue weighted by molar-refractivity contribution is 7.92. The summed E-state index contributed by atoms with van der Waals surface area (Å²) in [6.07, 6.45) is 3.27. The van der Waals surface area contributed by atoms with E-state index in [1.807, 2.05) is 7.05 Å². The van der Waals surface area contributed by atoms with Crippen LogP contribution in [0, 0.1) is 0 Å². The van der Waals surface area contributed by atoms with Gasteiger partial charge in [0, 0.05) is 17.6 Å². The summed E-state index contributed by atoms with van der Waals surface area (Å²) in [5, 5.41) is 3.45. The van der Waals surface area contributed by atoms with Crippen molar-refractivity contribution in [3.8, 4) is 0 Å². The number of nitrogens with zero attached hydrogens (tertiary/aromatic N) is 1. The quantitative estimate of drug-likeness (QED) is 0.868. The van der Waals surface area contributed by atoms with Gasteiger partial charge in [0.25, 0.3) is 0 Å². The van der Waals surface area contributed by atoms with Crippen molar-refractivity contribution in [1.82, 2.24) is 10.3 Å². The molecule has 2 rings (SSSR count). The lowest BCUT2D eigenvalue weighted by atomic mass is 10.3. The first-order valence-corrected chi connectivity index (χ1v) is 7.47. The molecule has 0 radical (unpaired) electrons. The summed E-state index contributed by atoms with van der Waals surface area (Å²) in [4.78, 5) is 5.30. The number of hydrogen-bond acceptors (Lipinski definition) is 5. The van der Waals surface area contributed by atoms with E-state index in [0.29, 0.717) is 5.75 Å². The second-order valence-corrected chi connectivity index (χ2v) is 7.14. The zero-order valence-corrected chi connectivity index (χ0v) is 10.2. The zero-order valence-electron chi connectivity index (χ0n) is 8.56. The molecule has 1 aliphatic heterocycles. The molecule has 1 aromatic heterocycles. The van der Waals surface area contributed by atoms with Crippen LogP contribution in [0.4, 0.5) is 0 Å². The van der Waals surface area contributed by atoms with Gasteiger partial charge in [-0.2, -0.15) is 0 Å². The average Bonchev–Trinajstić information content (AvgIpc) is 2.72. The van der Waals surface area contributed by atoms with E-state index in [-0.39, 0.29) is 5.25 Å². The molecule has 1 aliphatic rings. The number of thiazole rings is 1. The molecule has 0 amide bonds. The van der Waals surface area contributed by atoms with Gasteiger partial charge in [-0.05, 0) is 19.9 Å². The molecule has 0 bridgehead atoms. The fourth-order valence-electron chi connectivity index (χ4n) is 1.80. The Labute approximate surface area is 93.7 Å². The van der Waals surface area contributed by atoms with Crippen molar-refractivity contribution < 1.29 is 8.42 Å². The van der Waals surface area contributed by atoms with Crippen LogP contribution in [-0.2, 0) is 16.4 Å². The van der Waals surface area contributed by atoms with Gasteiger partial charge in [-0.25, -0.2) is 13.4 Å². The molecule has 1 atom stereocenters. The second kappa shape index (κ2) is 4.19. The van der Waals surface area contributed by atoms with E-state index < -0.39 is 9.84 Å². The number of aromatic nitrogens is 1. The highest BCUT2D eigenvalue weighted by atomic mass is 32.2. The first kappa shape index (κ1) is 11.0. The maximum absolute atomic E-state index is 11.7. The van der Waals surface area contributed by atoms with Crippen molar-refractivity contribution in [1.29, 1.82) is 0 Å². The SMILES string of the molecule is CNCc1cnc(C2CCCS2(=O)=O)s1.